The molecule has 0 spiro atoms. The average molecular weight is 404 g/mol. The van der Waals surface area contributed by atoms with E-state index in [0.29, 0.717) is 12.3 Å². The van der Waals surface area contributed by atoms with Crippen molar-refractivity contribution in [3.05, 3.63) is 35.3 Å². The van der Waals surface area contributed by atoms with Gasteiger partial charge in [0.25, 0.3) is 5.91 Å². The van der Waals surface area contributed by atoms with Crippen LogP contribution in [0.25, 0.3) is 10.6 Å². The number of hydrogen-bond acceptors (Lipinski definition) is 5. The van der Waals surface area contributed by atoms with Crippen LogP contribution in [-0.2, 0) is 0 Å². The lowest BCUT2D eigenvalue weighted by Crippen LogP contribution is -2.45. The van der Waals surface area contributed by atoms with Gasteiger partial charge in [0.2, 0.25) is 0 Å². The van der Waals surface area contributed by atoms with Crippen molar-refractivity contribution in [1.82, 2.24) is 15.6 Å². The number of nitrogens with one attached hydrogen (secondary N) is 2. The van der Waals surface area contributed by atoms with E-state index in [9.17, 15) is 4.79 Å². The predicted octanol–water partition coefficient (Wildman–Crippen LogP) is 3.53. The van der Waals surface area contributed by atoms with Gasteiger partial charge >= 0.3 is 0 Å². The molecular formula is C17H23Cl2N3O2S. The molecule has 8 heteroatoms. The summed E-state index contributed by atoms with van der Waals surface area (Å²) in [6, 6.07) is 7.99. The molecule has 1 aliphatic heterocycles. The minimum absolute atomic E-state index is 0. The second-order valence-electron chi connectivity index (χ2n) is 5.51. The first-order valence-electron chi connectivity index (χ1n) is 7.96. The fraction of sp³-hybridized carbons (Fsp3) is 0.412. The molecule has 1 unspecified atom stereocenters. The molecule has 0 bridgehead atoms. The third-order valence-corrected chi connectivity index (χ3v) is 4.67. The second-order valence-corrected chi connectivity index (χ2v) is 6.37. The lowest BCUT2D eigenvalue weighted by Gasteiger charge is -2.23. The predicted molar refractivity (Wildman–Crippen MR) is 107 cm³/mol. The van der Waals surface area contributed by atoms with E-state index in [-0.39, 0.29) is 36.8 Å². The number of amides is 1. The summed E-state index contributed by atoms with van der Waals surface area (Å²) in [6.07, 6.45) is 2.12. The third-order valence-electron chi connectivity index (χ3n) is 3.78. The molecule has 1 aromatic heterocycles. The van der Waals surface area contributed by atoms with E-state index in [1.165, 1.54) is 11.3 Å². The molecule has 0 aliphatic carbocycles. The molecule has 2 aromatic rings. The maximum Gasteiger partial charge on any atom is 0.271 e. The fourth-order valence-electron chi connectivity index (χ4n) is 2.61. The van der Waals surface area contributed by atoms with Crippen molar-refractivity contribution in [1.29, 1.82) is 0 Å². The summed E-state index contributed by atoms with van der Waals surface area (Å²) in [7, 11) is 0. The first kappa shape index (κ1) is 21.7. The van der Waals surface area contributed by atoms with Gasteiger partial charge in [0.15, 0.2) is 0 Å². The molecule has 25 heavy (non-hydrogen) atoms. The number of aromatic nitrogens is 1. The highest BCUT2D eigenvalue weighted by Gasteiger charge is 2.18. The van der Waals surface area contributed by atoms with Crippen LogP contribution in [0.1, 0.15) is 30.3 Å². The van der Waals surface area contributed by atoms with Gasteiger partial charge in [-0.05, 0) is 50.6 Å². The highest BCUT2D eigenvalue weighted by Crippen LogP contribution is 2.25. The van der Waals surface area contributed by atoms with Gasteiger partial charge in [0.1, 0.15) is 16.5 Å². The Morgan fingerprint density at radius 3 is 2.76 bits per heavy atom. The lowest BCUT2D eigenvalue weighted by atomic mass is 10.1. The van der Waals surface area contributed by atoms with Gasteiger partial charge in [-0.1, -0.05) is 0 Å². The zero-order chi connectivity index (χ0) is 16.1. The standard InChI is InChI=1S/C17H21N3O2S.2ClH/c1-2-22-14-7-5-12(6-8-14)17-20-15(11-23-17)16(21)19-13-4-3-9-18-10-13;;/h5-8,11,13,18H,2-4,9-10H2,1H3,(H,19,21);2*1H. The monoisotopic (exact) mass is 403 g/mol. The lowest BCUT2D eigenvalue weighted by molar-refractivity contribution is 0.0926. The summed E-state index contributed by atoms with van der Waals surface area (Å²) in [6.45, 7) is 4.48. The number of carbonyl (C=O) groups excluding carboxylic acids is 1. The fourth-order valence-corrected chi connectivity index (χ4v) is 3.41. The van der Waals surface area contributed by atoms with Crippen LogP contribution < -0.4 is 15.4 Å². The van der Waals surface area contributed by atoms with E-state index < -0.39 is 0 Å². The van der Waals surface area contributed by atoms with E-state index in [1.807, 2.05) is 36.6 Å². The second kappa shape index (κ2) is 10.6. The molecule has 0 radical (unpaired) electrons. The number of piperidine rings is 1. The Balaban J connectivity index is 0.00000156. The van der Waals surface area contributed by atoms with Crippen LogP contribution in [0.15, 0.2) is 29.6 Å². The van der Waals surface area contributed by atoms with Crippen molar-refractivity contribution in [3.8, 4) is 16.3 Å². The first-order valence-corrected chi connectivity index (χ1v) is 8.84. The molecule has 1 aromatic carbocycles. The van der Waals surface area contributed by atoms with Crippen molar-refractivity contribution in [2.45, 2.75) is 25.8 Å². The van der Waals surface area contributed by atoms with Gasteiger partial charge in [-0.25, -0.2) is 4.98 Å². The van der Waals surface area contributed by atoms with Crippen LogP contribution >= 0.6 is 36.2 Å². The highest BCUT2D eigenvalue weighted by atomic mass is 35.5. The van der Waals surface area contributed by atoms with Gasteiger partial charge in [0.05, 0.1) is 6.61 Å². The largest absolute Gasteiger partial charge is 0.494 e. The van der Waals surface area contributed by atoms with Crippen LogP contribution in [-0.4, -0.2) is 36.6 Å². The van der Waals surface area contributed by atoms with Crippen molar-refractivity contribution in [2.75, 3.05) is 19.7 Å². The number of nitrogens with zero attached hydrogens (tertiary/aromatic N) is 1. The number of ether oxygens (including phenoxy) is 1. The molecule has 5 nitrogen and oxygen atoms in total. The van der Waals surface area contributed by atoms with Crippen molar-refractivity contribution in [3.63, 3.8) is 0 Å². The molecule has 1 aliphatic rings. The smallest absolute Gasteiger partial charge is 0.271 e. The SMILES string of the molecule is CCOc1ccc(-c2nc(C(=O)NC3CCCNC3)cs2)cc1.Cl.Cl. The molecule has 1 fully saturated rings. The summed E-state index contributed by atoms with van der Waals surface area (Å²) in [5.41, 5.74) is 1.49. The Kier molecular flexibility index (Phi) is 9.21. The summed E-state index contributed by atoms with van der Waals surface area (Å²) in [5.74, 6) is 0.753. The molecule has 2 N–H and O–H groups in total. The Hall–Kier alpha value is -1.34. The van der Waals surface area contributed by atoms with E-state index in [0.717, 1.165) is 42.3 Å². The number of rotatable bonds is 5. The molecular weight excluding hydrogens is 381 g/mol. The minimum atomic E-state index is -0.0906. The van der Waals surface area contributed by atoms with E-state index in [4.69, 9.17) is 4.74 Å². The zero-order valence-electron chi connectivity index (χ0n) is 14.0. The Morgan fingerprint density at radius 2 is 2.12 bits per heavy atom. The summed E-state index contributed by atoms with van der Waals surface area (Å²) < 4.78 is 5.44. The van der Waals surface area contributed by atoms with E-state index in [1.54, 1.807) is 0 Å². The van der Waals surface area contributed by atoms with Gasteiger partial charge in [-0.2, -0.15) is 0 Å². The normalized spacial score (nSPS) is 16.3. The van der Waals surface area contributed by atoms with Gasteiger partial charge < -0.3 is 15.4 Å². The van der Waals surface area contributed by atoms with Crippen LogP contribution in [0, 0.1) is 0 Å². The first-order chi connectivity index (χ1) is 11.3. The van der Waals surface area contributed by atoms with Crippen molar-refractivity contribution < 1.29 is 9.53 Å². The zero-order valence-corrected chi connectivity index (χ0v) is 16.4. The van der Waals surface area contributed by atoms with Crippen LogP contribution in [0.3, 0.4) is 0 Å². The number of thiazole rings is 1. The van der Waals surface area contributed by atoms with Crippen LogP contribution in [0.2, 0.25) is 0 Å². The van der Waals surface area contributed by atoms with Crippen molar-refractivity contribution in [2.24, 2.45) is 0 Å². The maximum atomic E-state index is 12.3. The number of halogens is 2. The van der Waals surface area contributed by atoms with Crippen LogP contribution in [0.5, 0.6) is 5.75 Å². The van der Waals surface area contributed by atoms with Gasteiger partial charge in [-0.15, -0.1) is 36.2 Å². The van der Waals surface area contributed by atoms with Gasteiger partial charge in [-0.3, -0.25) is 4.79 Å². The van der Waals surface area contributed by atoms with Gasteiger partial charge in [0, 0.05) is 23.5 Å². The molecule has 138 valence electrons. The average Bonchev–Trinajstić information content (AvgIpc) is 3.07. The molecule has 1 atom stereocenters. The highest BCUT2D eigenvalue weighted by molar-refractivity contribution is 7.13. The molecule has 1 amide bonds. The Labute approximate surface area is 164 Å². The Bertz CT molecular complexity index is 658. The van der Waals surface area contributed by atoms with Crippen molar-refractivity contribution >= 4 is 42.1 Å². The molecule has 2 heterocycles. The topological polar surface area (TPSA) is 63.2 Å². The number of carbonyl (C=O) groups is 1. The minimum Gasteiger partial charge on any atom is -0.494 e. The molecule has 1 saturated heterocycles. The third kappa shape index (κ3) is 5.85. The summed E-state index contributed by atoms with van der Waals surface area (Å²) in [5, 5.41) is 9.01. The van der Waals surface area contributed by atoms with E-state index >= 15 is 0 Å². The summed E-state index contributed by atoms with van der Waals surface area (Å²) >= 11 is 1.48. The molecule has 0 saturated carbocycles. The number of benzene rings is 1. The quantitative estimate of drug-likeness (QED) is 0.801. The summed E-state index contributed by atoms with van der Waals surface area (Å²) in [4.78, 5) is 16.7. The van der Waals surface area contributed by atoms with E-state index in [2.05, 4.69) is 15.6 Å². The number of hydrogen-bond donors (Lipinski definition) is 2. The van der Waals surface area contributed by atoms with Crippen LogP contribution in [0.4, 0.5) is 0 Å². The maximum absolute atomic E-state index is 12.3. The Morgan fingerprint density at radius 1 is 1.36 bits per heavy atom. The molecule has 3 rings (SSSR count).